The fourth-order valence-electron chi connectivity index (χ4n) is 1.57. The minimum absolute atomic E-state index is 0.380. The molecule has 66 valence electrons. The third-order valence-corrected chi connectivity index (χ3v) is 2.61. The highest BCUT2D eigenvalue weighted by atomic mass is 16.3. The number of β-amino-alcohol motifs (C(OH)–C–C–N with tert-alkyl or cyclic N) is 1. The summed E-state index contributed by atoms with van der Waals surface area (Å²) in [5.74, 6) is 0.399. The van der Waals surface area contributed by atoms with Gasteiger partial charge in [0.1, 0.15) is 0 Å². The molecule has 1 N–H and O–H groups in total. The Morgan fingerprint density at radius 1 is 1.45 bits per heavy atom. The van der Waals surface area contributed by atoms with Gasteiger partial charge in [0, 0.05) is 13.1 Å². The summed E-state index contributed by atoms with van der Waals surface area (Å²) in [5.41, 5.74) is -0.380. The molecule has 1 fully saturated rings. The maximum atomic E-state index is 9.84. The zero-order chi connectivity index (χ0) is 8.48. The summed E-state index contributed by atoms with van der Waals surface area (Å²) in [6, 6.07) is 0. The molecule has 2 heteroatoms. The number of aliphatic hydroxyl groups is 1. The molecule has 1 heterocycles. The number of rotatable bonds is 3. The summed E-state index contributed by atoms with van der Waals surface area (Å²) < 4.78 is 0. The van der Waals surface area contributed by atoms with Crippen molar-refractivity contribution in [3.8, 4) is 0 Å². The van der Waals surface area contributed by atoms with Crippen LogP contribution in [-0.2, 0) is 0 Å². The van der Waals surface area contributed by atoms with Gasteiger partial charge in [0.05, 0.1) is 5.60 Å². The highest BCUT2D eigenvalue weighted by Gasteiger charge is 2.42. The Hall–Kier alpha value is -0.0800. The standard InChI is InChI=1S/C9H19NO/c1-4-5-10-6-9(11,7-10)8(2)3/h8,11H,4-7H2,1-3H3. The molecular weight excluding hydrogens is 138 g/mol. The zero-order valence-electron chi connectivity index (χ0n) is 7.80. The second-order valence-corrected chi connectivity index (χ2v) is 3.97. The van der Waals surface area contributed by atoms with E-state index in [0.29, 0.717) is 5.92 Å². The average Bonchev–Trinajstić information content (AvgIpc) is 1.84. The Bertz CT molecular complexity index is 128. The average molecular weight is 157 g/mol. The maximum absolute atomic E-state index is 9.84. The van der Waals surface area contributed by atoms with Crippen molar-refractivity contribution in [2.45, 2.75) is 32.8 Å². The van der Waals surface area contributed by atoms with Crippen LogP contribution in [0.3, 0.4) is 0 Å². The van der Waals surface area contributed by atoms with E-state index in [9.17, 15) is 5.11 Å². The number of hydrogen-bond donors (Lipinski definition) is 1. The molecule has 1 aliphatic heterocycles. The molecule has 0 amide bonds. The molecule has 0 aromatic carbocycles. The lowest BCUT2D eigenvalue weighted by molar-refractivity contribution is -0.127. The van der Waals surface area contributed by atoms with Crippen LogP contribution in [0.25, 0.3) is 0 Å². The quantitative estimate of drug-likeness (QED) is 0.663. The van der Waals surface area contributed by atoms with E-state index in [0.717, 1.165) is 19.6 Å². The Kier molecular flexibility index (Phi) is 2.55. The third kappa shape index (κ3) is 1.74. The number of nitrogens with zero attached hydrogens (tertiary/aromatic N) is 1. The molecule has 11 heavy (non-hydrogen) atoms. The third-order valence-electron chi connectivity index (χ3n) is 2.61. The van der Waals surface area contributed by atoms with Crippen molar-refractivity contribution in [1.82, 2.24) is 4.90 Å². The van der Waals surface area contributed by atoms with Gasteiger partial charge in [-0.15, -0.1) is 0 Å². The Morgan fingerprint density at radius 3 is 2.36 bits per heavy atom. The van der Waals surface area contributed by atoms with E-state index < -0.39 is 0 Å². The second kappa shape index (κ2) is 3.11. The first kappa shape index (κ1) is 9.01. The van der Waals surface area contributed by atoms with Crippen LogP contribution in [0, 0.1) is 5.92 Å². The van der Waals surface area contributed by atoms with Crippen LogP contribution in [0.5, 0.6) is 0 Å². The van der Waals surface area contributed by atoms with E-state index in [1.54, 1.807) is 0 Å². The SMILES string of the molecule is CCCN1CC(O)(C(C)C)C1. The van der Waals surface area contributed by atoms with Crippen molar-refractivity contribution < 1.29 is 5.11 Å². The smallest absolute Gasteiger partial charge is 0.0922 e. The van der Waals surface area contributed by atoms with Gasteiger partial charge >= 0.3 is 0 Å². The molecule has 1 rings (SSSR count). The minimum atomic E-state index is -0.380. The van der Waals surface area contributed by atoms with E-state index in [2.05, 4.69) is 25.7 Å². The summed E-state index contributed by atoms with van der Waals surface area (Å²) >= 11 is 0. The maximum Gasteiger partial charge on any atom is 0.0922 e. The highest BCUT2D eigenvalue weighted by Crippen LogP contribution is 2.28. The molecule has 0 aromatic rings. The lowest BCUT2D eigenvalue weighted by Crippen LogP contribution is -2.64. The van der Waals surface area contributed by atoms with Crippen molar-refractivity contribution >= 4 is 0 Å². The van der Waals surface area contributed by atoms with Crippen LogP contribution < -0.4 is 0 Å². The van der Waals surface area contributed by atoms with E-state index in [4.69, 9.17) is 0 Å². The summed E-state index contributed by atoms with van der Waals surface area (Å²) in [6.07, 6.45) is 1.19. The number of likely N-dealkylation sites (tertiary alicyclic amines) is 1. The van der Waals surface area contributed by atoms with Crippen molar-refractivity contribution in [2.75, 3.05) is 19.6 Å². The second-order valence-electron chi connectivity index (χ2n) is 3.97. The predicted octanol–water partition coefficient (Wildman–Crippen LogP) is 1.10. The summed E-state index contributed by atoms with van der Waals surface area (Å²) in [4.78, 5) is 2.31. The molecule has 0 bridgehead atoms. The Labute approximate surface area is 69.2 Å². The lowest BCUT2D eigenvalue weighted by Gasteiger charge is -2.49. The van der Waals surface area contributed by atoms with Gasteiger partial charge in [-0.2, -0.15) is 0 Å². The zero-order valence-corrected chi connectivity index (χ0v) is 7.80. The fourth-order valence-corrected chi connectivity index (χ4v) is 1.57. The molecule has 0 aliphatic carbocycles. The van der Waals surface area contributed by atoms with Gasteiger partial charge in [-0.1, -0.05) is 20.8 Å². The first-order valence-corrected chi connectivity index (χ1v) is 4.53. The van der Waals surface area contributed by atoms with Crippen LogP contribution >= 0.6 is 0 Å². The van der Waals surface area contributed by atoms with Gasteiger partial charge in [-0.05, 0) is 18.9 Å². The normalized spacial score (nSPS) is 23.7. The topological polar surface area (TPSA) is 23.5 Å². The molecule has 0 saturated carbocycles. The van der Waals surface area contributed by atoms with Crippen LogP contribution in [0.4, 0.5) is 0 Å². The first-order chi connectivity index (χ1) is 5.08. The van der Waals surface area contributed by atoms with E-state index in [-0.39, 0.29) is 5.60 Å². The summed E-state index contributed by atoms with van der Waals surface area (Å²) in [6.45, 7) is 9.23. The molecular formula is C9H19NO. The highest BCUT2D eigenvalue weighted by molar-refractivity contribution is 4.97. The molecule has 0 spiro atoms. The van der Waals surface area contributed by atoms with Crippen molar-refractivity contribution in [3.05, 3.63) is 0 Å². The van der Waals surface area contributed by atoms with E-state index in [1.165, 1.54) is 6.42 Å². The van der Waals surface area contributed by atoms with Gasteiger partial charge in [0.15, 0.2) is 0 Å². The molecule has 1 saturated heterocycles. The predicted molar refractivity (Wildman–Crippen MR) is 46.5 cm³/mol. The molecule has 0 unspecified atom stereocenters. The summed E-state index contributed by atoms with van der Waals surface area (Å²) in [5, 5.41) is 9.84. The molecule has 1 aliphatic rings. The minimum Gasteiger partial charge on any atom is -0.387 e. The van der Waals surface area contributed by atoms with Crippen LogP contribution in [0.15, 0.2) is 0 Å². The summed E-state index contributed by atoms with van der Waals surface area (Å²) in [7, 11) is 0. The monoisotopic (exact) mass is 157 g/mol. The lowest BCUT2D eigenvalue weighted by atomic mass is 9.83. The number of hydrogen-bond acceptors (Lipinski definition) is 2. The first-order valence-electron chi connectivity index (χ1n) is 4.53. The van der Waals surface area contributed by atoms with Gasteiger partial charge in [0.25, 0.3) is 0 Å². The van der Waals surface area contributed by atoms with E-state index >= 15 is 0 Å². The van der Waals surface area contributed by atoms with Gasteiger partial charge in [-0.25, -0.2) is 0 Å². The van der Waals surface area contributed by atoms with Crippen LogP contribution in [-0.4, -0.2) is 35.2 Å². The van der Waals surface area contributed by atoms with Crippen LogP contribution in [0.1, 0.15) is 27.2 Å². The fraction of sp³-hybridized carbons (Fsp3) is 1.00. The Morgan fingerprint density at radius 2 is 2.00 bits per heavy atom. The van der Waals surface area contributed by atoms with E-state index in [1.807, 2.05) is 0 Å². The molecule has 0 atom stereocenters. The Balaban J connectivity index is 2.26. The van der Waals surface area contributed by atoms with Gasteiger partial charge in [0.2, 0.25) is 0 Å². The molecule has 0 radical (unpaired) electrons. The van der Waals surface area contributed by atoms with Crippen LogP contribution in [0.2, 0.25) is 0 Å². The largest absolute Gasteiger partial charge is 0.387 e. The van der Waals surface area contributed by atoms with Gasteiger partial charge < -0.3 is 5.11 Å². The molecule has 2 nitrogen and oxygen atoms in total. The molecule has 0 aromatic heterocycles. The van der Waals surface area contributed by atoms with Crippen molar-refractivity contribution in [2.24, 2.45) is 5.92 Å². The van der Waals surface area contributed by atoms with Crippen molar-refractivity contribution in [3.63, 3.8) is 0 Å². The van der Waals surface area contributed by atoms with Gasteiger partial charge in [-0.3, -0.25) is 4.90 Å². The van der Waals surface area contributed by atoms with Crippen molar-refractivity contribution in [1.29, 1.82) is 0 Å².